The molecule has 0 saturated heterocycles. The molecule has 0 atom stereocenters. The molecule has 196 valence electrons. The van der Waals surface area contributed by atoms with Crippen LogP contribution in [0.5, 0.6) is 0 Å². The van der Waals surface area contributed by atoms with Crippen LogP contribution in [0.1, 0.15) is 128 Å². The van der Waals surface area contributed by atoms with E-state index in [9.17, 15) is 0 Å². The van der Waals surface area contributed by atoms with Crippen LogP contribution in [-0.4, -0.2) is 13.6 Å². The van der Waals surface area contributed by atoms with Crippen molar-refractivity contribution in [3.63, 3.8) is 0 Å². The first-order valence-corrected chi connectivity index (χ1v) is 16.8. The summed E-state index contributed by atoms with van der Waals surface area (Å²) in [5, 5.41) is 1.27. The van der Waals surface area contributed by atoms with Crippen LogP contribution in [0.25, 0.3) is 0 Å². The molecule has 1 nitrogen and oxygen atoms in total. The van der Waals surface area contributed by atoms with E-state index in [-0.39, 0.29) is 0 Å². The van der Waals surface area contributed by atoms with Gasteiger partial charge in [-0.05, 0) is 23.8 Å². The van der Waals surface area contributed by atoms with Gasteiger partial charge in [-0.2, -0.15) is 0 Å². The standard InChI is InChI=1S/C32H50B2OS/c1-6-16-27(17-7-1)33(28-18-8-2-9-19-28)26-32(36-31-24-14-5-15-25-31)35-34(29-20-10-3-11-21-29)30-22-12-4-13-23-30/h5,14-15,24-30H,1-4,6-13,16-23H2/b32-26+. The summed E-state index contributed by atoms with van der Waals surface area (Å²) in [7, 11) is 0. The van der Waals surface area contributed by atoms with Crippen molar-refractivity contribution >= 4 is 25.4 Å². The summed E-state index contributed by atoms with van der Waals surface area (Å²) in [4.78, 5) is 1.35. The van der Waals surface area contributed by atoms with Gasteiger partial charge in [0.25, 0.3) is 0 Å². The molecule has 0 spiro atoms. The van der Waals surface area contributed by atoms with Crippen LogP contribution in [0.3, 0.4) is 0 Å². The van der Waals surface area contributed by atoms with E-state index < -0.39 is 0 Å². The summed E-state index contributed by atoms with van der Waals surface area (Å²) in [6, 6.07) is 11.1. The number of thioether (sulfide) groups is 1. The Labute approximate surface area is 227 Å². The Kier molecular flexibility index (Phi) is 10.7. The van der Waals surface area contributed by atoms with E-state index in [1.54, 1.807) is 0 Å². The summed E-state index contributed by atoms with van der Waals surface area (Å²) in [5.74, 6) is 6.00. The topological polar surface area (TPSA) is 9.23 Å². The van der Waals surface area contributed by atoms with E-state index in [2.05, 4.69) is 36.3 Å². The fraction of sp³-hybridized carbons (Fsp3) is 0.750. The van der Waals surface area contributed by atoms with Gasteiger partial charge in [0.15, 0.2) is 6.71 Å². The molecule has 4 saturated carbocycles. The van der Waals surface area contributed by atoms with Crippen LogP contribution in [0.4, 0.5) is 0 Å². The fourth-order valence-corrected chi connectivity index (χ4v) is 9.10. The number of benzene rings is 1. The second kappa shape index (κ2) is 14.4. The normalized spacial score (nSPS) is 23.9. The average molecular weight is 504 g/mol. The highest BCUT2D eigenvalue weighted by Crippen LogP contribution is 2.46. The lowest BCUT2D eigenvalue weighted by molar-refractivity contribution is 0.373. The van der Waals surface area contributed by atoms with Gasteiger partial charge in [0.2, 0.25) is 0 Å². The lowest BCUT2D eigenvalue weighted by Crippen LogP contribution is -2.34. The molecule has 36 heavy (non-hydrogen) atoms. The van der Waals surface area contributed by atoms with Gasteiger partial charge in [0.05, 0.1) is 0 Å². The maximum Gasteiger partial charge on any atom is 0.364 e. The molecule has 0 bridgehead atoms. The molecular formula is C32H50B2OS. The molecule has 0 aromatic heterocycles. The fourth-order valence-electron chi connectivity index (χ4n) is 8.19. The lowest BCUT2D eigenvalue weighted by Gasteiger charge is -2.37. The highest BCUT2D eigenvalue weighted by molar-refractivity contribution is 8.03. The zero-order chi connectivity index (χ0) is 24.4. The highest BCUT2D eigenvalue weighted by Gasteiger charge is 2.40. The number of hydrogen-bond donors (Lipinski definition) is 0. The molecule has 4 aliphatic rings. The Hall–Kier alpha value is -0.760. The van der Waals surface area contributed by atoms with Crippen molar-refractivity contribution < 1.29 is 4.65 Å². The van der Waals surface area contributed by atoms with Gasteiger partial charge in [-0.15, -0.1) is 0 Å². The third kappa shape index (κ3) is 7.64. The minimum absolute atomic E-state index is 0.437. The third-order valence-corrected chi connectivity index (χ3v) is 11.1. The second-order valence-corrected chi connectivity index (χ2v) is 13.7. The van der Waals surface area contributed by atoms with E-state index in [1.807, 2.05) is 11.8 Å². The minimum Gasteiger partial charge on any atom is -0.556 e. The van der Waals surface area contributed by atoms with Crippen molar-refractivity contribution in [1.82, 2.24) is 0 Å². The van der Waals surface area contributed by atoms with Crippen LogP contribution in [0.2, 0.25) is 23.3 Å². The summed E-state index contributed by atoms with van der Waals surface area (Å²) < 4.78 is 7.37. The Morgan fingerprint density at radius 2 is 1.00 bits per heavy atom. The first-order valence-electron chi connectivity index (χ1n) is 16.0. The Bertz CT molecular complexity index is 739. The van der Waals surface area contributed by atoms with Crippen molar-refractivity contribution in [3.8, 4) is 0 Å². The highest BCUT2D eigenvalue weighted by atomic mass is 32.2. The molecular weight excluding hydrogens is 454 g/mol. The maximum absolute atomic E-state index is 7.37. The number of hydrogen-bond acceptors (Lipinski definition) is 2. The molecule has 0 heterocycles. The molecule has 0 aliphatic heterocycles. The van der Waals surface area contributed by atoms with Crippen molar-refractivity contribution in [1.29, 1.82) is 0 Å². The average Bonchev–Trinajstić information content (AvgIpc) is 2.97. The molecule has 0 radical (unpaired) electrons. The molecule has 4 aliphatic carbocycles. The van der Waals surface area contributed by atoms with Crippen LogP contribution in [0, 0.1) is 0 Å². The van der Waals surface area contributed by atoms with Crippen molar-refractivity contribution in [2.75, 3.05) is 0 Å². The maximum atomic E-state index is 7.37. The Balaban J connectivity index is 1.44. The van der Waals surface area contributed by atoms with Gasteiger partial charge in [-0.3, -0.25) is 0 Å². The third-order valence-electron chi connectivity index (χ3n) is 10.2. The van der Waals surface area contributed by atoms with Gasteiger partial charge >= 0.3 is 6.92 Å². The summed E-state index contributed by atoms with van der Waals surface area (Å²) in [5.41, 5.74) is 0. The lowest BCUT2D eigenvalue weighted by atomic mass is 9.30. The van der Waals surface area contributed by atoms with E-state index in [4.69, 9.17) is 4.65 Å². The van der Waals surface area contributed by atoms with Crippen molar-refractivity contribution in [2.45, 2.75) is 157 Å². The zero-order valence-electron chi connectivity index (χ0n) is 22.9. The predicted octanol–water partition coefficient (Wildman–Crippen LogP) is 11.0. The van der Waals surface area contributed by atoms with Gasteiger partial charge < -0.3 is 4.65 Å². The van der Waals surface area contributed by atoms with Gasteiger partial charge in [0.1, 0.15) is 5.09 Å². The van der Waals surface area contributed by atoms with Crippen LogP contribution in [0.15, 0.2) is 46.3 Å². The Morgan fingerprint density at radius 1 is 0.583 bits per heavy atom. The van der Waals surface area contributed by atoms with E-state index in [0.29, 0.717) is 6.92 Å². The van der Waals surface area contributed by atoms with Crippen LogP contribution >= 0.6 is 11.8 Å². The molecule has 5 rings (SSSR count). The Morgan fingerprint density at radius 3 is 1.44 bits per heavy atom. The number of rotatable bonds is 9. The molecule has 4 fully saturated rings. The molecule has 4 heteroatoms. The quantitative estimate of drug-likeness (QED) is 0.188. The molecule has 0 N–H and O–H groups in total. The molecule has 0 unspecified atom stereocenters. The summed E-state index contributed by atoms with van der Waals surface area (Å²) in [6.07, 6.45) is 28.5. The van der Waals surface area contributed by atoms with E-state index >= 15 is 0 Å². The van der Waals surface area contributed by atoms with Crippen LogP contribution in [-0.2, 0) is 4.65 Å². The molecule has 1 aromatic carbocycles. The van der Waals surface area contributed by atoms with Gasteiger partial charge in [0, 0.05) is 4.90 Å². The summed E-state index contributed by atoms with van der Waals surface area (Å²) >= 11 is 1.94. The zero-order valence-corrected chi connectivity index (χ0v) is 23.7. The van der Waals surface area contributed by atoms with Gasteiger partial charge in [-0.1, -0.05) is 176 Å². The largest absolute Gasteiger partial charge is 0.556 e. The van der Waals surface area contributed by atoms with E-state index in [1.165, 1.54) is 138 Å². The van der Waals surface area contributed by atoms with Crippen molar-refractivity contribution in [2.24, 2.45) is 0 Å². The minimum atomic E-state index is 0.437. The van der Waals surface area contributed by atoms with E-state index in [0.717, 1.165) is 30.0 Å². The van der Waals surface area contributed by atoms with Gasteiger partial charge in [-0.25, -0.2) is 0 Å². The molecule has 0 amide bonds. The smallest absolute Gasteiger partial charge is 0.364 e. The second-order valence-electron chi connectivity index (χ2n) is 12.7. The predicted molar refractivity (Wildman–Crippen MR) is 160 cm³/mol. The van der Waals surface area contributed by atoms with Crippen LogP contribution < -0.4 is 0 Å². The summed E-state index contributed by atoms with van der Waals surface area (Å²) in [6.45, 7) is 1.15. The first-order chi connectivity index (χ1) is 17.9. The SMILES string of the molecule is C(/B(C1CCCCC1)C1CCCCC1)=C(/OB(C1CCCCC1)C1CCCCC1)Sc1ccccc1. The monoisotopic (exact) mass is 504 g/mol. The van der Waals surface area contributed by atoms with Crippen molar-refractivity contribution in [3.05, 3.63) is 41.4 Å². The molecule has 1 aromatic rings. The first kappa shape index (κ1) is 26.8.